The Balaban J connectivity index is 2.70. The van der Waals surface area contributed by atoms with Gasteiger partial charge in [0.25, 0.3) is 11.8 Å². The van der Waals surface area contributed by atoms with Crippen molar-refractivity contribution in [2.24, 2.45) is 0 Å². The average Bonchev–Trinajstić information content (AvgIpc) is 2.59. The van der Waals surface area contributed by atoms with Gasteiger partial charge in [0.1, 0.15) is 6.04 Å². The van der Waals surface area contributed by atoms with E-state index >= 15 is 0 Å². The number of hydrogen-bond donors (Lipinski definition) is 0. The van der Waals surface area contributed by atoms with Crippen LogP contribution >= 0.6 is 0 Å². The van der Waals surface area contributed by atoms with Gasteiger partial charge in [0, 0.05) is 12.2 Å². The molecule has 0 N–H and O–H groups in total. The highest BCUT2D eigenvalue weighted by atomic mass is 16.5. The highest BCUT2D eigenvalue weighted by Gasteiger charge is 2.35. The lowest BCUT2D eigenvalue weighted by Gasteiger charge is -2.23. The molecule has 0 aromatic heterocycles. The zero-order valence-electron chi connectivity index (χ0n) is 9.43. The fourth-order valence-corrected chi connectivity index (χ4v) is 1.47. The van der Waals surface area contributed by atoms with E-state index in [1.165, 1.54) is 0 Å². The summed E-state index contributed by atoms with van der Waals surface area (Å²) in [5.74, 6) is -1.43. The summed E-state index contributed by atoms with van der Waals surface area (Å²) in [6.07, 6.45) is 3.40. The molecule has 5 heteroatoms. The molecule has 0 aliphatic carbocycles. The van der Waals surface area contributed by atoms with Crippen molar-refractivity contribution in [3.8, 4) is 0 Å². The van der Waals surface area contributed by atoms with Gasteiger partial charge in [-0.1, -0.05) is 13.8 Å². The maximum atomic E-state index is 11.6. The Morgan fingerprint density at radius 1 is 1.31 bits per heavy atom. The fraction of sp³-hybridized carbons (Fsp3) is 0.545. The average molecular weight is 225 g/mol. The van der Waals surface area contributed by atoms with Gasteiger partial charge in [-0.05, 0) is 12.8 Å². The molecule has 1 atom stereocenters. The fourth-order valence-electron chi connectivity index (χ4n) is 1.47. The van der Waals surface area contributed by atoms with E-state index in [-0.39, 0.29) is 0 Å². The van der Waals surface area contributed by atoms with Crippen LogP contribution in [-0.2, 0) is 19.1 Å². The van der Waals surface area contributed by atoms with E-state index in [4.69, 9.17) is 4.74 Å². The van der Waals surface area contributed by atoms with Gasteiger partial charge in [-0.25, -0.2) is 4.79 Å². The highest BCUT2D eigenvalue weighted by molar-refractivity contribution is 6.14. The lowest BCUT2D eigenvalue weighted by molar-refractivity contribution is -0.157. The number of carbonyl (C=O) groups is 3. The molecule has 1 heterocycles. The molecule has 0 bridgehead atoms. The second kappa shape index (κ2) is 5.44. The molecule has 0 aromatic rings. The Bertz CT molecular complexity index is 317. The number of hydrogen-bond acceptors (Lipinski definition) is 4. The van der Waals surface area contributed by atoms with Gasteiger partial charge < -0.3 is 4.74 Å². The molecule has 88 valence electrons. The summed E-state index contributed by atoms with van der Waals surface area (Å²) in [6, 6.07) is -0.804. The SMILES string of the molecule is CCCOC(=O)C(CC)N1C(=O)C=CC1=O. The molecule has 1 unspecified atom stereocenters. The Morgan fingerprint density at radius 2 is 1.88 bits per heavy atom. The van der Waals surface area contributed by atoms with Crippen LogP contribution in [0.3, 0.4) is 0 Å². The predicted octanol–water partition coefficient (Wildman–Crippen LogP) is 0.643. The third kappa shape index (κ3) is 2.48. The van der Waals surface area contributed by atoms with E-state index in [2.05, 4.69) is 0 Å². The number of carbonyl (C=O) groups excluding carboxylic acids is 3. The summed E-state index contributed by atoms with van der Waals surface area (Å²) in [5, 5.41) is 0. The zero-order valence-corrected chi connectivity index (χ0v) is 9.43. The molecular formula is C11H15NO4. The molecule has 0 fully saturated rings. The van der Waals surface area contributed by atoms with Crippen molar-refractivity contribution in [1.82, 2.24) is 4.90 Å². The van der Waals surface area contributed by atoms with Crippen molar-refractivity contribution in [2.45, 2.75) is 32.7 Å². The predicted molar refractivity (Wildman–Crippen MR) is 56.3 cm³/mol. The minimum atomic E-state index is -0.804. The largest absolute Gasteiger partial charge is 0.464 e. The van der Waals surface area contributed by atoms with E-state index in [0.717, 1.165) is 17.1 Å². The summed E-state index contributed by atoms with van der Waals surface area (Å²) >= 11 is 0. The van der Waals surface area contributed by atoms with E-state index in [1.54, 1.807) is 6.92 Å². The van der Waals surface area contributed by atoms with Gasteiger partial charge in [0.2, 0.25) is 0 Å². The van der Waals surface area contributed by atoms with Crippen LogP contribution in [0.5, 0.6) is 0 Å². The van der Waals surface area contributed by atoms with Crippen molar-refractivity contribution in [3.05, 3.63) is 12.2 Å². The number of imide groups is 1. The molecule has 0 saturated carbocycles. The van der Waals surface area contributed by atoms with E-state index in [1.807, 2.05) is 6.92 Å². The van der Waals surface area contributed by atoms with Crippen LogP contribution < -0.4 is 0 Å². The molecule has 1 rings (SSSR count). The molecule has 0 aromatic carbocycles. The summed E-state index contributed by atoms with van der Waals surface area (Å²) < 4.78 is 4.94. The minimum Gasteiger partial charge on any atom is -0.464 e. The maximum absolute atomic E-state index is 11.6. The normalized spacial score (nSPS) is 16.8. The first-order chi connectivity index (χ1) is 7.61. The molecule has 0 saturated heterocycles. The van der Waals surface area contributed by atoms with Crippen LogP contribution in [0.4, 0.5) is 0 Å². The lowest BCUT2D eigenvalue weighted by Crippen LogP contribution is -2.45. The zero-order chi connectivity index (χ0) is 12.1. The van der Waals surface area contributed by atoms with Crippen LogP contribution in [0.2, 0.25) is 0 Å². The Labute approximate surface area is 94.1 Å². The third-order valence-corrected chi connectivity index (χ3v) is 2.26. The van der Waals surface area contributed by atoms with Crippen molar-refractivity contribution in [1.29, 1.82) is 0 Å². The Kier molecular flexibility index (Phi) is 4.22. The van der Waals surface area contributed by atoms with Crippen LogP contribution in [0, 0.1) is 0 Å². The van der Waals surface area contributed by atoms with Gasteiger partial charge in [-0.2, -0.15) is 0 Å². The van der Waals surface area contributed by atoms with Gasteiger partial charge in [0.15, 0.2) is 0 Å². The van der Waals surface area contributed by atoms with Gasteiger partial charge in [0.05, 0.1) is 6.61 Å². The molecule has 5 nitrogen and oxygen atoms in total. The number of nitrogens with zero attached hydrogens (tertiary/aromatic N) is 1. The van der Waals surface area contributed by atoms with Crippen LogP contribution in [0.25, 0.3) is 0 Å². The standard InChI is InChI=1S/C11H15NO4/c1-3-7-16-11(15)8(4-2)12-9(13)5-6-10(12)14/h5-6,8H,3-4,7H2,1-2H3. The molecule has 16 heavy (non-hydrogen) atoms. The van der Waals surface area contributed by atoms with Crippen molar-refractivity contribution < 1.29 is 19.1 Å². The number of ether oxygens (including phenoxy) is 1. The second-order valence-corrected chi connectivity index (χ2v) is 3.47. The summed E-state index contributed by atoms with van der Waals surface area (Å²) in [5.41, 5.74) is 0. The van der Waals surface area contributed by atoms with Gasteiger partial charge in [-0.15, -0.1) is 0 Å². The molecule has 0 spiro atoms. The van der Waals surface area contributed by atoms with E-state index in [0.29, 0.717) is 19.4 Å². The first kappa shape index (κ1) is 12.4. The second-order valence-electron chi connectivity index (χ2n) is 3.47. The van der Waals surface area contributed by atoms with E-state index in [9.17, 15) is 14.4 Å². The summed E-state index contributed by atoms with van der Waals surface area (Å²) in [6.45, 7) is 3.91. The highest BCUT2D eigenvalue weighted by Crippen LogP contribution is 2.13. The quantitative estimate of drug-likeness (QED) is 0.509. The van der Waals surface area contributed by atoms with Crippen molar-refractivity contribution >= 4 is 17.8 Å². The number of esters is 1. The molecular weight excluding hydrogens is 210 g/mol. The number of amides is 2. The van der Waals surface area contributed by atoms with Crippen molar-refractivity contribution in [2.75, 3.05) is 6.61 Å². The molecule has 0 radical (unpaired) electrons. The van der Waals surface area contributed by atoms with Crippen LogP contribution in [0.1, 0.15) is 26.7 Å². The van der Waals surface area contributed by atoms with Gasteiger partial charge in [-0.3, -0.25) is 14.5 Å². The van der Waals surface area contributed by atoms with Gasteiger partial charge >= 0.3 is 5.97 Å². The van der Waals surface area contributed by atoms with Crippen molar-refractivity contribution in [3.63, 3.8) is 0 Å². The summed E-state index contributed by atoms with van der Waals surface area (Å²) in [7, 11) is 0. The summed E-state index contributed by atoms with van der Waals surface area (Å²) in [4.78, 5) is 35.3. The van der Waals surface area contributed by atoms with E-state index < -0.39 is 23.8 Å². The van der Waals surface area contributed by atoms with Crippen LogP contribution in [0.15, 0.2) is 12.2 Å². The molecule has 1 aliphatic rings. The first-order valence-corrected chi connectivity index (χ1v) is 5.33. The van der Waals surface area contributed by atoms with Crippen LogP contribution in [-0.4, -0.2) is 35.3 Å². The topological polar surface area (TPSA) is 63.7 Å². The first-order valence-electron chi connectivity index (χ1n) is 5.33. The third-order valence-electron chi connectivity index (χ3n) is 2.26. The minimum absolute atomic E-state index is 0.305. The monoisotopic (exact) mass is 225 g/mol. The maximum Gasteiger partial charge on any atom is 0.329 e. The Morgan fingerprint density at radius 3 is 2.31 bits per heavy atom. The smallest absolute Gasteiger partial charge is 0.329 e. The Hall–Kier alpha value is -1.65. The molecule has 2 amide bonds. The lowest BCUT2D eigenvalue weighted by atomic mass is 10.2. The number of rotatable bonds is 5. The molecule has 1 aliphatic heterocycles.